The Morgan fingerprint density at radius 1 is 0.842 bits per heavy atom. The van der Waals surface area contributed by atoms with Crippen molar-refractivity contribution in [3.8, 4) is 0 Å². The molecule has 4 aromatic heterocycles. The van der Waals surface area contributed by atoms with Gasteiger partial charge in [-0.3, -0.25) is 27.9 Å². The highest BCUT2D eigenvalue weighted by Gasteiger charge is 2.13. The Morgan fingerprint density at radius 3 is 1.71 bits per heavy atom. The molecular formula is C24H34N8O6. The fourth-order valence-corrected chi connectivity index (χ4v) is 4.13. The van der Waals surface area contributed by atoms with Crippen LogP contribution >= 0.6 is 0 Å². The lowest BCUT2D eigenvalue weighted by molar-refractivity contribution is -0.117. The number of H-pyrrole nitrogens is 2. The van der Waals surface area contributed by atoms with Gasteiger partial charge in [0.2, 0.25) is 0 Å². The summed E-state index contributed by atoms with van der Waals surface area (Å²) in [6.07, 6.45) is 6.33. The Labute approximate surface area is 216 Å². The highest BCUT2D eigenvalue weighted by atomic mass is 16.3. The maximum absolute atomic E-state index is 12.1. The average molecular weight is 531 g/mol. The zero-order valence-electron chi connectivity index (χ0n) is 22.1. The van der Waals surface area contributed by atoms with Crippen LogP contribution in [0.15, 0.2) is 31.8 Å². The number of imidazole rings is 2. The van der Waals surface area contributed by atoms with Crippen LogP contribution in [0.5, 0.6) is 0 Å². The average Bonchev–Trinajstić information content (AvgIpc) is 3.56. The molecule has 0 radical (unpaired) electrons. The number of unbranched alkanes of at least 4 members (excludes halogenated alkanes) is 2. The summed E-state index contributed by atoms with van der Waals surface area (Å²) in [5.74, 6) is 0.115. The monoisotopic (exact) mass is 530 g/mol. The molecule has 0 aliphatic rings. The molecule has 0 bridgehead atoms. The molecule has 4 rings (SSSR count). The highest BCUT2D eigenvalue weighted by Crippen LogP contribution is 2.03. The van der Waals surface area contributed by atoms with Gasteiger partial charge >= 0.3 is 11.4 Å². The first-order valence-corrected chi connectivity index (χ1v) is 12.5. The molecule has 3 N–H and O–H groups in total. The molecule has 4 heterocycles. The van der Waals surface area contributed by atoms with E-state index in [1.165, 1.54) is 37.8 Å². The third-order valence-electron chi connectivity index (χ3n) is 6.24. The third kappa shape index (κ3) is 6.25. The lowest BCUT2D eigenvalue weighted by Crippen LogP contribution is -2.39. The van der Waals surface area contributed by atoms with Gasteiger partial charge in [0.25, 0.3) is 11.1 Å². The standard InChI is InChI=1S/C12H18N4O3.C12H16N4O3/c2*1-8(17)5-3-4-6-16-11(18)9-10(14-7-13-9)15(2)12(16)19/h7-8,17H,3-6H2,1-2H3,(H,13,14);7H,3-6H2,1-2H3,(H,13,14). The van der Waals surface area contributed by atoms with E-state index in [2.05, 4.69) is 19.9 Å². The summed E-state index contributed by atoms with van der Waals surface area (Å²) in [4.78, 5) is 72.6. The molecule has 0 amide bonds. The number of Topliss-reactive ketones (excluding diaryl/α,β-unsaturated/α-hetero) is 1. The van der Waals surface area contributed by atoms with Crippen molar-refractivity contribution in [1.29, 1.82) is 0 Å². The topological polar surface area (TPSA) is 183 Å². The van der Waals surface area contributed by atoms with Gasteiger partial charge in [-0.1, -0.05) is 0 Å². The van der Waals surface area contributed by atoms with E-state index < -0.39 is 0 Å². The number of nitrogens with one attached hydrogen (secondary N) is 2. The minimum absolute atomic E-state index is 0.115. The maximum atomic E-state index is 12.1. The molecule has 38 heavy (non-hydrogen) atoms. The molecule has 0 fully saturated rings. The molecule has 14 heteroatoms. The highest BCUT2D eigenvalue weighted by molar-refractivity contribution is 5.75. The van der Waals surface area contributed by atoms with Crippen molar-refractivity contribution in [1.82, 2.24) is 38.2 Å². The van der Waals surface area contributed by atoms with E-state index in [1.54, 1.807) is 21.0 Å². The summed E-state index contributed by atoms with van der Waals surface area (Å²) in [7, 11) is 3.17. The Bertz CT molecular complexity index is 1650. The number of nitrogens with zero attached hydrogens (tertiary/aromatic N) is 6. The molecular weight excluding hydrogens is 496 g/mol. The van der Waals surface area contributed by atoms with Crippen molar-refractivity contribution in [3.63, 3.8) is 0 Å². The fraction of sp³-hybridized carbons (Fsp3) is 0.542. The molecule has 0 aliphatic heterocycles. The van der Waals surface area contributed by atoms with Crippen molar-refractivity contribution >= 4 is 28.1 Å². The van der Waals surface area contributed by atoms with E-state index in [-0.39, 0.29) is 34.4 Å². The van der Waals surface area contributed by atoms with Gasteiger partial charge in [-0.25, -0.2) is 19.6 Å². The van der Waals surface area contributed by atoms with E-state index in [1.807, 2.05) is 0 Å². The molecule has 4 aromatic rings. The number of carbonyl (C=O) groups is 1. The molecule has 0 spiro atoms. The van der Waals surface area contributed by atoms with Gasteiger partial charge in [-0.2, -0.15) is 0 Å². The van der Waals surface area contributed by atoms with Crippen LogP contribution in [0.1, 0.15) is 52.4 Å². The molecule has 0 saturated carbocycles. The molecule has 0 saturated heterocycles. The summed E-state index contributed by atoms with van der Waals surface area (Å²) in [5.41, 5.74) is -0.0448. The Hall–Kier alpha value is -4.07. The Morgan fingerprint density at radius 2 is 1.29 bits per heavy atom. The lowest BCUT2D eigenvalue weighted by atomic mass is 10.2. The third-order valence-corrected chi connectivity index (χ3v) is 6.24. The van der Waals surface area contributed by atoms with Crippen LogP contribution in [0.3, 0.4) is 0 Å². The predicted molar refractivity (Wildman–Crippen MR) is 141 cm³/mol. The minimum atomic E-state index is -0.382. The number of ketones is 1. The number of aromatic amines is 2. The van der Waals surface area contributed by atoms with Crippen LogP contribution in [0, 0.1) is 0 Å². The van der Waals surface area contributed by atoms with Crippen LogP contribution in [0.4, 0.5) is 0 Å². The predicted octanol–water partition coefficient (Wildman–Crippen LogP) is 0.157. The van der Waals surface area contributed by atoms with Crippen molar-refractivity contribution in [2.24, 2.45) is 14.1 Å². The SMILES string of the molecule is CC(=O)CCCCn1c(=O)c2[nH]cnc2n(C)c1=O.CC(O)CCCCn1c(=O)c2[nH]cnc2n(C)c1=O. The second-order valence-electron chi connectivity index (χ2n) is 9.30. The first kappa shape index (κ1) is 28.5. The van der Waals surface area contributed by atoms with Gasteiger partial charge in [-0.05, 0) is 46.0 Å². The Kier molecular flexibility index (Phi) is 9.34. The largest absolute Gasteiger partial charge is 0.393 e. The fourth-order valence-electron chi connectivity index (χ4n) is 4.13. The Balaban J connectivity index is 0.000000211. The van der Waals surface area contributed by atoms with Crippen molar-refractivity contribution in [3.05, 3.63) is 54.3 Å². The number of aromatic nitrogens is 8. The van der Waals surface area contributed by atoms with E-state index in [9.17, 15) is 24.0 Å². The van der Waals surface area contributed by atoms with Crippen LogP contribution < -0.4 is 22.5 Å². The smallest absolute Gasteiger partial charge is 0.332 e. The van der Waals surface area contributed by atoms with Gasteiger partial charge < -0.3 is 19.9 Å². The summed E-state index contributed by atoms with van der Waals surface area (Å²) < 4.78 is 5.10. The van der Waals surface area contributed by atoms with Crippen LogP contribution in [-0.4, -0.2) is 55.2 Å². The van der Waals surface area contributed by atoms with Crippen molar-refractivity contribution in [2.45, 2.75) is 71.6 Å². The van der Waals surface area contributed by atoms with Crippen LogP contribution in [0.25, 0.3) is 22.3 Å². The van der Waals surface area contributed by atoms with E-state index in [0.29, 0.717) is 67.5 Å². The minimum Gasteiger partial charge on any atom is -0.393 e. The van der Waals surface area contributed by atoms with Gasteiger partial charge in [0.05, 0.1) is 18.8 Å². The van der Waals surface area contributed by atoms with Gasteiger partial charge in [0.1, 0.15) is 16.8 Å². The molecule has 0 aromatic carbocycles. The molecule has 206 valence electrons. The quantitative estimate of drug-likeness (QED) is 0.242. The van der Waals surface area contributed by atoms with Gasteiger partial charge in [-0.15, -0.1) is 0 Å². The summed E-state index contributed by atoms with van der Waals surface area (Å²) >= 11 is 0. The first-order chi connectivity index (χ1) is 18.0. The first-order valence-electron chi connectivity index (χ1n) is 12.5. The zero-order chi connectivity index (χ0) is 28.0. The second-order valence-corrected chi connectivity index (χ2v) is 9.30. The number of fused-ring (bicyclic) bond motifs is 2. The van der Waals surface area contributed by atoms with Crippen LogP contribution in [0.2, 0.25) is 0 Å². The molecule has 0 aliphatic carbocycles. The number of aliphatic hydroxyl groups excluding tert-OH is 1. The summed E-state index contributed by atoms with van der Waals surface area (Å²) in [6, 6.07) is 0. The second kappa shape index (κ2) is 12.4. The zero-order valence-corrected chi connectivity index (χ0v) is 22.1. The number of hydrogen-bond donors (Lipinski definition) is 3. The summed E-state index contributed by atoms with van der Waals surface area (Å²) in [6.45, 7) is 3.92. The maximum Gasteiger partial charge on any atom is 0.332 e. The van der Waals surface area contributed by atoms with E-state index in [0.717, 1.165) is 6.42 Å². The number of aliphatic hydroxyl groups is 1. The molecule has 14 nitrogen and oxygen atoms in total. The summed E-state index contributed by atoms with van der Waals surface area (Å²) in [5, 5.41) is 9.17. The number of hydrogen-bond acceptors (Lipinski definition) is 8. The van der Waals surface area contributed by atoms with Crippen molar-refractivity contribution in [2.75, 3.05) is 0 Å². The molecule has 1 unspecified atom stereocenters. The normalized spacial score (nSPS) is 12.0. The number of carbonyl (C=O) groups excluding carboxylic acids is 1. The van der Waals surface area contributed by atoms with Crippen molar-refractivity contribution < 1.29 is 9.90 Å². The number of rotatable bonds is 10. The van der Waals surface area contributed by atoms with E-state index in [4.69, 9.17) is 5.11 Å². The van der Waals surface area contributed by atoms with Gasteiger partial charge in [0.15, 0.2) is 11.3 Å². The number of aryl methyl sites for hydroxylation is 2. The molecule has 1 atom stereocenters. The van der Waals surface area contributed by atoms with E-state index >= 15 is 0 Å². The van der Waals surface area contributed by atoms with Crippen LogP contribution in [-0.2, 0) is 32.0 Å². The van der Waals surface area contributed by atoms with Gasteiger partial charge in [0, 0.05) is 33.6 Å². The lowest BCUT2D eigenvalue weighted by Gasteiger charge is -2.08.